The molecule has 7 nitrogen and oxygen atoms in total. The molecule has 1 saturated heterocycles. The van der Waals surface area contributed by atoms with Crippen molar-refractivity contribution in [2.45, 2.75) is 18.9 Å². The number of pyridine rings is 1. The van der Waals surface area contributed by atoms with Gasteiger partial charge in [0, 0.05) is 37.8 Å². The molecule has 2 aromatic carbocycles. The zero-order chi connectivity index (χ0) is 23.8. The van der Waals surface area contributed by atoms with Crippen LogP contribution in [0.4, 0.5) is 0 Å². The van der Waals surface area contributed by atoms with Crippen LogP contribution < -0.4 is 10.9 Å². The van der Waals surface area contributed by atoms with Crippen LogP contribution in [0.3, 0.4) is 0 Å². The summed E-state index contributed by atoms with van der Waals surface area (Å²) < 4.78 is 6.56. The largest absolute Gasteiger partial charge is 0.378 e. The van der Waals surface area contributed by atoms with Gasteiger partial charge in [0.05, 0.1) is 18.8 Å². The van der Waals surface area contributed by atoms with E-state index in [1.807, 2.05) is 36.4 Å². The molecule has 34 heavy (non-hydrogen) atoms. The van der Waals surface area contributed by atoms with Gasteiger partial charge in [-0.05, 0) is 23.6 Å². The van der Waals surface area contributed by atoms with Gasteiger partial charge in [-0.1, -0.05) is 60.7 Å². The third-order valence-electron chi connectivity index (χ3n) is 6.04. The van der Waals surface area contributed by atoms with Crippen LogP contribution in [0.5, 0.6) is 0 Å². The number of rotatable bonds is 8. The molecule has 0 bridgehead atoms. The van der Waals surface area contributed by atoms with Crippen molar-refractivity contribution in [3.8, 4) is 0 Å². The Morgan fingerprint density at radius 3 is 2.12 bits per heavy atom. The van der Waals surface area contributed by atoms with Crippen LogP contribution >= 0.6 is 0 Å². The summed E-state index contributed by atoms with van der Waals surface area (Å²) in [4.78, 5) is 39.3. The van der Waals surface area contributed by atoms with Crippen molar-refractivity contribution in [1.29, 1.82) is 0 Å². The average Bonchev–Trinajstić information content (AvgIpc) is 2.89. The predicted octanol–water partition coefficient (Wildman–Crippen LogP) is 2.66. The highest BCUT2D eigenvalue weighted by atomic mass is 16.5. The molecule has 176 valence electrons. The second-order valence-electron chi connectivity index (χ2n) is 8.30. The molecular weight excluding hydrogens is 430 g/mol. The molecule has 1 aliphatic rings. The van der Waals surface area contributed by atoms with Gasteiger partial charge in [0.25, 0.3) is 11.5 Å². The Kier molecular flexibility index (Phi) is 7.88. The number of morpholine rings is 1. The van der Waals surface area contributed by atoms with Gasteiger partial charge in [0.15, 0.2) is 0 Å². The molecule has 0 unspecified atom stereocenters. The lowest BCUT2D eigenvalue weighted by molar-refractivity contribution is -0.135. The molecule has 1 aromatic heterocycles. The van der Waals surface area contributed by atoms with Crippen LogP contribution in [-0.4, -0.2) is 54.1 Å². The normalized spacial score (nSPS) is 13.6. The van der Waals surface area contributed by atoms with Gasteiger partial charge < -0.3 is 19.5 Å². The molecule has 0 saturated carbocycles. The lowest BCUT2D eigenvalue weighted by Crippen LogP contribution is -2.43. The maximum Gasteiger partial charge on any atom is 0.252 e. The monoisotopic (exact) mass is 459 g/mol. The number of hydrogen-bond acceptors (Lipinski definition) is 4. The minimum Gasteiger partial charge on any atom is -0.378 e. The van der Waals surface area contributed by atoms with E-state index in [0.717, 1.165) is 6.42 Å². The highest BCUT2D eigenvalue weighted by Gasteiger charge is 2.19. The molecule has 0 atom stereocenters. The molecule has 0 spiro atoms. The van der Waals surface area contributed by atoms with Gasteiger partial charge in [-0.2, -0.15) is 0 Å². The van der Waals surface area contributed by atoms with E-state index in [1.54, 1.807) is 4.90 Å². The highest BCUT2D eigenvalue weighted by Crippen LogP contribution is 2.27. The summed E-state index contributed by atoms with van der Waals surface area (Å²) in [5, 5.41) is 2.97. The molecule has 1 aliphatic heterocycles. The van der Waals surface area contributed by atoms with E-state index in [0.29, 0.717) is 38.4 Å². The minimum atomic E-state index is -0.314. The van der Waals surface area contributed by atoms with Crippen molar-refractivity contribution in [2.24, 2.45) is 0 Å². The summed E-state index contributed by atoms with van der Waals surface area (Å²) in [6, 6.07) is 23.3. The first-order valence-electron chi connectivity index (χ1n) is 11.6. The van der Waals surface area contributed by atoms with E-state index in [-0.39, 0.29) is 29.8 Å². The quantitative estimate of drug-likeness (QED) is 0.562. The fourth-order valence-electron chi connectivity index (χ4n) is 4.18. The fourth-order valence-corrected chi connectivity index (χ4v) is 4.18. The topological polar surface area (TPSA) is 80.6 Å². The molecule has 3 aromatic rings. The van der Waals surface area contributed by atoms with Crippen molar-refractivity contribution in [1.82, 2.24) is 14.8 Å². The standard InChI is InChI=1S/C27H29N3O4/c31-25-12-11-23(19-30(25)20-26(32)29-15-17-34-18-16-29)27(33)28-14-13-24(21-7-3-1-4-8-21)22-9-5-2-6-10-22/h1-12,19,24H,13-18,20H2,(H,28,33). The minimum absolute atomic E-state index is 0.0932. The number of carbonyl (C=O) groups is 2. The number of nitrogens with one attached hydrogen (secondary N) is 1. The van der Waals surface area contributed by atoms with Crippen LogP contribution in [-0.2, 0) is 16.1 Å². The Hall–Kier alpha value is -3.71. The van der Waals surface area contributed by atoms with Crippen molar-refractivity contribution in [2.75, 3.05) is 32.8 Å². The summed E-state index contributed by atoms with van der Waals surface area (Å²) in [6.07, 6.45) is 2.19. The van der Waals surface area contributed by atoms with Crippen molar-refractivity contribution >= 4 is 11.8 Å². The van der Waals surface area contributed by atoms with E-state index in [4.69, 9.17) is 4.74 Å². The smallest absolute Gasteiger partial charge is 0.252 e. The average molecular weight is 460 g/mol. The first-order chi connectivity index (χ1) is 16.6. The lowest BCUT2D eigenvalue weighted by Gasteiger charge is -2.27. The third kappa shape index (κ3) is 5.99. The number of ether oxygens (including phenoxy) is 1. The van der Waals surface area contributed by atoms with Gasteiger partial charge in [-0.15, -0.1) is 0 Å². The number of amides is 2. The molecule has 0 radical (unpaired) electrons. The highest BCUT2D eigenvalue weighted by molar-refractivity contribution is 5.93. The van der Waals surface area contributed by atoms with Gasteiger partial charge in [-0.25, -0.2) is 0 Å². The second-order valence-corrected chi connectivity index (χ2v) is 8.30. The number of aromatic nitrogens is 1. The maximum absolute atomic E-state index is 12.8. The number of hydrogen-bond donors (Lipinski definition) is 1. The lowest BCUT2D eigenvalue weighted by atomic mass is 9.88. The first-order valence-corrected chi connectivity index (χ1v) is 11.6. The van der Waals surface area contributed by atoms with Crippen LogP contribution in [0.25, 0.3) is 0 Å². The molecular formula is C27H29N3O4. The molecule has 4 rings (SSSR count). The van der Waals surface area contributed by atoms with Gasteiger partial charge in [0.1, 0.15) is 6.54 Å². The summed E-state index contributed by atoms with van der Waals surface area (Å²) in [6.45, 7) is 2.39. The van der Waals surface area contributed by atoms with E-state index >= 15 is 0 Å². The summed E-state index contributed by atoms with van der Waals surface area (Å²) in [5.74, 6) is -0.272. The Bertz CT molecular complexity index is 1120. The Labute approximate surface area is 199 Å². The fraction of sp³-hybridized carbons (Fsp3) is 0.296. The molecule has 2 heterocycles. The van der Waals surface area contributed by atoms with Crippen molar-refractivity contribution in [3.05, 3.63) is 106 Å². The van der Waals surface area contributed by atoms with Crippen molar-refractivity contribution < 1.29 is 14.3 Å². The summed E-state index contributed by atoms with van der Waals surface area (Å²) >= 11 is 0. The molecule has 7 heteroatoms. The Morgan fingerprint density at radius 2 is 1.50 bits per heavy atom. The summed E-state index contributed by atoms with van der Waals surface area (Å²) in [5.41, 5.74) is 2.42. The molecule has 1 N–H and O–H groups in total. The Balaban J connectivity index is 1.40. The molecule has 0 aliphatic carbocycles. The van der Waals surface area contributed by atoms with E-state index in [9.17, 15) is 14.4 Å². The molecule has 1 fully saturated rings. The van der Waals surface area contributed by atoms with Crippen molar-refractivity contribution in [3.63, 3.8) is 0 Å². The number of carbonyl (C=O) groups excluding carboxylic acids is 2. The van der Waals surface area contributed by atoms with E-state index < -0.39 is 0 Å². The zero-order valence-electron chi connectivity index (χ0n) is 19.1. The number of benzene rings is 2. The SMILES string of the molecule is O=C(NCCC(c1ccccc1)c1ccccc1)c1ccc(=O)n(CC(=O)N2CCOCC2)c1. The third-order valence-corrected chi connectivity index (χ3v) is 6.04. The van der Waals surface area contributed by atoms with Crippen LogP contribution in [0.2, 0.25) is 0 Å². The van der Waals surface area contributed by atoms with Gasteiger partial charge >= 0.3 is 0 Å². The second kappa shape index (κ2) is 11.4. The molecule has 2 amide bonds. The first kappa shape index (κ1) is 23.4. The van der Waals surface area contributed by atoms with Crippen LogP contribution in [0.15, 0.2) is 83.8 Å². The number of nitrogens with zero attached hydrogens (tertiary/aromatic N) is 2. The summed E-state index contributed by atoms with van der Waals surface area (Å²) in [7, 11) is 0. The van der Waals surface area contributed by atoms with E-state index in [1.165, 1.54) is 34.0 Å². The van der Waals surface area contributed by atoms with Gasteiger partial charge in [0.2, 0.25) is 5.91 Å². The Morgan fingerprint density at radius 1 is 0.882 bits per heavy atom. The maximum atomic E-state index is 12.8. The predicted molar refractivity (Wildman–Crippen MR) is 130 cm³/mol. The van der Waals surface area contributed by atoms with Crippen LogP contribution in [0, 0.1) is 0 Å². The van der Waals surface area contributed by atoms with E-state index in [2.05, 4.69) is 29.6 Å². The van der Waals surface area contributed by atoms with Crippen LogP contribution in [0.1, 0.15) is 33.8 Å². The zero-order valence-corrected chi connectivity index (χ0v) is 19.1. The van der Waals surface area contributed by atoms with Gasteiger partial charge in [-0.3, -0.25) is 14.4 Å².